The summed E-state index contributed by atoms with van der Waals surface area (Å²) in [7, 11) is 0. The van der Waals surface area contributed by atoms with Gasteiger partial charge in [-0.2, -0.15) is 0 Å². The van der Waals surface area contributed by atoms with Crippen molar-refractivity contribution in [1.82, 2.24) is 10.2 Å². The lowest BCUT2D eigenvalue weighted by Crippen LogP contribution is -2.42. The Kier molecular flexibility index (Phi) is 6.81. The fourth-order valence-corrected chi connectivity index (χ4v) is 2.09. The standard InChI is InChI=1S/C16H24N2O2/c1-4-9-18(10-11-19)16(20)17-8-7-15-6-5-13(2)12-14(15)3/h4-6,12,19H,1,7-11H2,2-3H3,(H,17,20). The van der Waals surface area contributed by atoms with Crippen LogP contribution in [0.3, 0.4) is 0 Å². The molecule has 0 bridgehead atoms. The van der Waals surface area contributed by atoms with Crippen LogP contribution in [0.2, 0.25) is 0 Å². The van der Waals surface area contributed by atoms with Crippen molar-refractivity contribution in [3.05, 3.63) is 47.5 Å². The molecule has 0 unspecified atom stereocenters. The molecule has 2 amide bonds. The number of urea groups is 1. The summed E-state index contributed by atoms with van der Waals surface area (Å²) in [5.41, 5.74) is 3.74. The largest absolute Gasteiger partial charge is 0.395 e. The molecule has 1 aromatic carbocycles. The van der Waals surface area contributed by atoms with Crippen molar-refractivity contribution in [3.8, 4) is 0 Å². The van der Waals surface area contributed by atoms with Gasteiger partial charge < -0.3 is 15.3 Å². The van der Waals surface area contributed by atoms with Crippen LogP contribution in [0.4, 0.5) is 4.79 Å². The molecule has 0 spiro atoms. The molecule has 4 heteroatoms. The molecule has 0 aliphatic rings. The van der Waals surface area contributed by atoms with Crippen LogP contribution in [-0.4, -0.2) is 42.3 Å². The molecule has 0 saturated carbocycles. The first-order chi connectivity index (χ1) is 9.58. The Hall–Kier alpha value is -1.81. The molecule has 2 N–H and O–H groups in total. The summed E-state index contributed by atoms with van der Waals surface area (Å²) in [6, 6.07) is 6.17. The van der Waals surface area contributed by atoms with Gasteiger partial charge in [0.2, 0.25) is 0 Å². The third-order valence-corrected chi connectivity index (χ3v) is 3.18. The predicted octanol–water partition coefficient (Wildman–Crippen LogP) is 2.04. The van der Waals surface area contributed by atoms with Gasteiger partial charge in [0, 0.05) is 19.6 Å². The third kappa shape index (κ3) is 5.05. The van der Waals surface area contributed by atoms with E-state index in [1.165, 1.54) is 21.6 Å². The van der Waals surface area contributed by atoms with E-state index in [1.807, 2.05) is 0 Å². The van der Waals surface area contributed by atoms with E-state index in [1.54, 1.807) is 6.08 Å². The minimum Gasteiger partial charge on any atom is -0.395 e. The van der Waals surface area contributed by atoms with Crippen molar-refractivity contribution < 1.29 is 9.90 Å². The molecule has 1 aromatic rings. The van der Waals surface area contributed by atoms with Crippen LogP contribution in [0.25, 0.3) is 0 Å². The van der Waals surface area contributed by atoms with Crippen LogP contribution >= 0.6 is 0 Å². The van der Waals surface area contributed by atoms with Crippen LogP contribution in [0.1, 0.15) is 16.7 Å². The molecular formula is C16H24N2O2. The maximum absolute atomic E-state index is 11.9. The smallest absolute Gasteiger partial charge is 0.317 e. The number of rotatable bonds is 7. The highest BCUT2D eigenvalue weighted by atomic mass is 16.3. The average molecular weight is 276 g/mol. The van der Waals surface area contributed by atoms with Gasteiger partial charge in [0.1, 0.15) is 0 Å². The number of aliphatic hydroxyl groups excluding tert-OH is 1. The van der Waals surface area contributed by atoms with Crippen LogP contribution < -0.4 is 5.32 Å². The first-order valence-electron chi connectivity index (χ1n) is 6.89. The van der Waals surface area contributed by atoms with E-state index in [9.17, 15) is 4.79 Å². The summed E-state index contributed by atoms with van der Waals surface area (Å²) < 4.78 is 0. The second-order valence-corrected chi connectivity index (χ2v) is 4.87. The van der Waals surface area contributed by atoms with E-state index in [0.717, 1.165) is 6.42 Å². The predicted molar refractivity (Wildman–Crippen MR) is 81.9 cm³/mol. The summed E-state index contributed by atoms with van der Waals surface area (Å²) in [5.74, 6) is 0. The van der Waals surface area contributed by atoms with Gasteiger partial charge in [-0.3, -0.25) is 0 Å². The van der Waals surface area contributed by atoms with Gasteiger partial charge in [-0.1, -0.05) is 29.8 Å². The molecule has 0 radical (unpaired) electrons. The Morgan fingerprint density at radius 1 is 1.45 bits per heavy atom. The van der Waals surface area contributed by atoms with E-state index < -0.39 is 0 Å². The van der Waals surface area contributed by atoms with Crippen molar-refractivity contribution in [2.45, 2.75) is 20.3 Å². The van der Waals surface area contributed by atoms with Gasteiger partial charge in [0.05, 0.1) is 6.61 Å². The molecular weight excluding hydrogens is 252 g/mol. The van der Waals surface area contributed by atoms with E-state index in [-0.39, 0.29) is 12.6 Å². The first kappa shape index (κ1) is 16.2. The Bertz CT molecular complexity index is 458. The highest BCUT2D eigenvalue weighted by Gasteiger charge is 2.10. The van der Waals surface area contributed by atoms with Crippen molar-refractivity contribution in [2.75, 3.05) is 26.2 Å². The monoisotopic (exact) mass is 276 g/mol. The van der Waals surface area contributed by atoms with Gasteiger partial charge in [0.15, 0.2) is 0 Å². The number of nitrogens with zero attached hydrogens (tertiary/aromatic N) is 1. The van der Waals surface area contributed by atoms with E-state index in [0.29, 0.717) is 19.6 Å². The molecule has 4 nitrogen and oxygen atoms in total. The Balaban J connectivity index is 2.46. The van der Waals surface area contributed by atoms with Crippen molar-refractivity contribution in [3.63, 3.8) is 0 Å². The number of hydrogen-bond acceptors (Lipinski definition) is 2. The molecule has 110 valence electrons. The molecule has 0 aliphatic carbocycles. The number of benzene rings is 1. The lowest BCUT2D eigenvalue weighted by Gasteiger charge is -2.20. The summed E-state index contributed by atoms with van der Waals surface area (Å²) in [5, 5.41) is 11.8. The number of hydrogen-bond donors (Lipinski definition) is 2. The van der Waals surface area contributed by atoms with Crippen molar-refractivity contribution in [1.29, 1.82) is 0 Å². The van der Waals surface area contributed by atoms with Gasteiger partial charge in [-0.25, -0.2) is 4.79 Å². The Morgan fingerprint density at radius 3 is 2.80 bits per heavy atom. The number of aryl methyl sites for hydroxylation is 2. The van der Waals surface area contributed by atoms with Crippen LogP contribution in [0.15, 0.2) is 30.9 Å². The summed E-state index contributed by atoms with van der Waals surface area (Å²) >= 11 is 0. The van der Waals surface area contributed by atoms with Gasteiger partial charge in [-0.15, -0.1) is 6.58 Å². The second kappa shape index (κ2) is 8.38. The number of aliphatic hydroxyl groups is 1. The van der Waals surface area contributed by atoms with Crippen molar-refractivity contribution >= 4 is 6.03 Å². The highest BCUT2D eigenvalue weighted by molar-refractivity contribution is 5.74. The van der Waals surface area contributed by atoms with Crippen LogP contribution in [-0.2, 0) is 6.42 Å². The summed E-state index contributed by atoms with van der Waals surface area (Å²) in [4.78, 5) is 13.4. The molecule has 0 aliphatic heterocycles. The molecule has 20 heavy (non-hydrogen) atoms. The van der Waals surface area contributed by atoms with Crippen molar-refractivity contribution in [2.24, 2.45) is 0 Å². The number of amides is 2. The van der Waals surface area contributed by atoms with Gasteiger partial charge in [-0.05, 0) is 31.4 Å². The summed E-state index contributed by atoms with van der Waals surface area (Å²) in [6.07, 6.45) is 2.46. The lowest BCUT2D eigenvalue weighted by molar-refractivity contribution is 0.184. The molecule has 0 saturated heterocycles. The van der Waals surface area contributed by atoms with E-state index in [2.05, 4.69) is 43.9 Å². The zero-order valence-electron chi connectivity index (χ0n) is 12.4. The fourth-order valence-electron chi connectivity index (χ4n) is 2.09. The van der Waals surface area contributed by atoms with Gasteiger partial charge >= 0.3 is 6.03 Å². The first-order valence-corrected chi connectivity index (χ1v) is 6.89. The average Bonchev–Trinajstić information content (AvgIpc) is 2.41. The summed E-state index contributed by atoms with van der Waals surface area (Å²) in [6.45, 7) is 9.07. The topological polar surface area (TPSA) is 52.6 Å². The minimum atomic E-state index is -0.163. The highest BCUT2D eigenvalue weighted by Crippen LogP contribution is 2.10. The zero-order valence-corrected chi connectivity index (χ0v) is 12.4. The number of carbonyl (C=O) groups excluding carboxylic acids is 1. The normalized spacial score (nSPS) is 10.2. The third-order valence-electron chi connectivity index (χ3n) is 3.18. The Labute approximate surface area is 121 Å². The number of nitrogens with one attached hydrogen (secondary N) is 1. The quantitative estimate of drug-likeness (QED) is 0.749. The van der Waals surface area contributed by atoms with E-state index >= 15 is 0 Å². The van der Waals surface area contributed by atoms with Crippen LogP contribution in [0, 0.1) is 13.8 Å². The molecule has 1 rings (SSSR count). The zero-order chi connectivity index (χ0) is 15.0. The van der Waals surface area contributed by atoms with Gasteiger partial charge in [0.25, 0.3) is 0 Å². The number of carbonyl (C=O) groups is 1. The maximum atomic E-state index is 11.9. The maximum Gasteiger partial charge on any atom is 0.317 e. The Morgan fingerprint density at radius 2 is 2.20 bits per heavy atom. The minimum absolute atomic E-state index is 0.0433. The molecule has 0 fully saturated rings. The SMILES string of the molecule is C=CCN(CCO)C(=O)NCCc1ccc(C)cc1C. The molecule has 0 atom stereocenters. The molecule has 0 heterocycles. The van der Waals surface area contributed by atoms with Crippen LogP contribution in [0.5, 0.6) is 0 Å². The van der Waals surface area contributed by atoms with E-state index in [4.69, 9.17) is 5.11 Å². The second-order valence-electron chi connectivity index (χ2n) is 4.87. The molecule has 0 aromatic heterocycles. The lowest BCUT2D eigenvalue weighted by atomic mass is 10.0. The fraction of sp³-hybridized carbons (Fsp3) is 0.438.